The quantitative estimate of drug-likeness (QED) is 0.464. The van der Waals surface area contributed by atoms with Crippen LogP contribution in [0.15, 0.2) is 28.2 Å². The molecule has 1 aromatic rings. The molecule has 22 heavy (non-hydrogen) atoms. The molecular weight excluding hydrogens is 352 g/mol. The largest absolute Gasteiger partial charge is 0.490 e. The van der Waals surface area contributed by atoms with Crippen LogP contribution < -0.4 is 4.74 Å². The number of ether oxygens (including phenoxy) is 3. The molecule has 1 saturated heterocycles. The third-order valence-electron chi connectivity index (χ3n) is 2.75. The zero-order valence-corrected chi connectivity index (χ0v) is 14.4. The van der Waals surface area contributed by atoms with Gasteiger partial charge in [-0.15, -0.1) is 0 Å². The third kappa shape index (κ3) is 3.88. The van der Waals surface area contributed by atoms with E-state index in [2.05, 4.69) is 15.9 Å². The van der Waals surface area contributed by atoms with Gasteiger partial charge in [-0.25, -0.2) is 9.59 Å². The zero-order valence-electron chi connectivity index (χ0n) is 12.8. The van der Waals surface area contributed by atoms with Crippen LogP contribution in [-0.2, 0) is 19.1 Å². The number of carbonyl (C=O) groups is 2. The molecule has 1 heterocycles. The number of halogens is 1. The monoisotopic (exact) mass is 368 g/mol. The highest BCUT2D eigenvalue weighted by atomic mass is 79.9. The molecule has 0 bridgehead atoms. The van der Waals surface area contributed by atoms with Crippen molar-refractivity contribution in [2.24, 2.45) is 0 Å². The number of esters is 2. The van der Waals surface area contributed by atoms with E-state index in [-0.39, 0.29) is 11.7 Å². The third-order valence-corrected chi connectivity index (χ3v) is 3.37. The first-order valence-electron chi connectivity index (χ1n) is 6.82. The van der Waals surface area contributed by atoms with Crippen molar-refractivity contribution in [1.29, 1.82) is 0 Å². The first-order valence-corrected chi connectivity index (χ1v) is 7.62. The van der Waals surface area contributed by atoms with E-state index in [4.69, 9.17) is 14.2 Å². The SMILES string of the molecule is CC(C)Oc1ccc(C=C2C(=O)OC(C)(C)OC2=O)cc1Br. The van der Waals surface area contributed by atoms with E-state index >= 15 is 0 Å². The number of rotatable bonds is 3. The van der Waals surface area contributed by atoms with Crippen LogP contribution in [0.4, 0.5) is 0 Å². The lowest BCUT2D eigenvalue weighted by molar-refractivity contribution is -0.222. The predicted molar refractivity (Wildman–Crippen MR) is 84.1 cm³/mol. The predicted octanol–water partition coefficient (Wildman–Crippen LogP) is 3.46. The molecule has 0 unspecified atom stereocenters. The van der Waals surface area contributed by atoms with Crippen molar-refractivity contribution in [2.75, 3.05) is 0 Å². The molecule has 2 rings (SSSR count). The minimum Gasteiger partial charge on any atom is -0.490 e. The van der Waals surface area contributed by atoms with Crippen molar-refractivity contribution in [3.05, 3.63) is 33.8 Å². The Morgan fingerprint density at radius 1 is 1.18 bits per heavy atom. The number of hydrogen-bond donors (Lipinski definition) is 0. The molecule has 0 radical (unpaired) electrons. The van der Waals surface area contributed by atoms with E-state index in [0.29, 0.717) is 11.3 Å². The number of benzene rings is 1. The number of hydrogen-bond acceptors (Lipinski definition) is 5. The average Bonchev–Trinajstić information content (AvgIpc) is 2.35. The molecule has 0 N–H and O–H groups in total. The van der Waals surface area contributed by atoms with Gasteiger partial charge >= 0.3 is 11.9 Å². The molecule has 0 atom stereocenters. The standard InChI is InChI=1S/C16H17BrO5/c1-9(2)20-13-6-5-10(8-12(13)17)7-11-14(18)21-16(3,4)22-15(11)19/h5-9H,1-4H3. The first-order chi connectivity index (χ1) is 10.2. The molecule has 5 nitrogen and oxygen atoms in total. The minimum absolute atomic E-state index is 0.0473. The summed E-state index contributed by atoms with van der Waals surface area (Å²) in [4.78, 5) is 23.8. The normalized spacial score (nSPS) is 17.1. The maximum absolute atomic E-state index is 11.9. The molecule has 0 amide bonds. The van der Waals surface area contributed by atoms with Crippen molar-refractivity contribution in [2.45, 2.75) is 39.6 Å². The van der Waals surface area contributed by atoms with E-state index in [1.54, 1.807) is 18.2 Å². The van der Waals surface area contributed by atoms with E-state index in [1.807, 2.05) is 13.8 Å². The summed E-state index contributed by atoms with van der Waals surface area (Å²) in [5, 5.41) is 0. The van der Waals surface area contributed by atoms with Crippen LogP contribution in [-0.4, -0.2) is 23.8 Å². The van der Waals surface area contributed by atoms with Gasteiger partial charge < -0.3 is 14.2 Å². The molecule has 0 spiro atoms. The van der Waals surface area contributed by atoms with E-state index in [1.165, 1.54) is 19.9 Å². The molecule has 1 aliphatic rings. The molecule has 1 aliphatic heterocycles. The van der Waals surface area contributed by atoms with E-state index < -0.39 is 17.7 Å². The molecule has 1 fully saturated rings. The van der Waals surface area contributed by atoms with Gasteiger partial charge in [-0.1, -0.05) is 6.07 Å². The van der Waals surface area contributed by atoms with Crippen molar-refractivity contribution >= 4 is 33.9 Å². The molecule has 6 heteroatoms. The van der Waals surface area contributed by atoms with Crippen LogP contribution in [0.3, 0.4) is 0 Å². The second-order valence-electron chi connectivity index (χ2n) is 5.59. The molecule has 118 valence electrons. The maximum Gasteiger partial charge on any atom is 0.348 e. The molecule has 0 aromatic heterocycles. The van der Waals surface area contributed by atoms with Crippen molar-refractivity contribution in [3.8, 4) is 5.75 Å². The lowest BCUT2D eigenvalue weighted by Gasteiger charge is -2.29. The van der Waals surface area contributed by atoms with Gasteiger partial charge in [-0.05, 0) is 53.5 Å². The summed E-state index contributed by atoms with van der Waals surface area (Å²) in [7, 11) is 0. The second kappa shape index (κ2) is 6.12. The van der Waals surface area contributed by atoms with Crippen LogP contribution in [0.2, 0.25) is 0 Å². The highest BCUT2D eigenvalue weighted by molar-refractivity contribution is 9.10. The van der Waals surface area contributed by atoms with Gasteiger partial charge in [-0.2, -0.15) is 0 Å². The summed E-state index contributed by atoms with van der Waals surface area (Å²) < 4.78 is 16.4. The highest BCUT2D eigenvalue weighted by Crippen LogP contribution is 2.29. The Labute approximate surface area is 137 Å². The topological polar surface area (TPSA) is 61.8 Å². The Morgan fingerprint density at radius 3 is 2.27 bits per heavy atom. The van der Waals surface area contributed by atoms with E-state index in [9.17, 15) is 9.59 Å². The van der Waals surface area contributed by atoms with Crippen LogP contribution in [0.25, 0.3) is 6.08 Å². The fourth-order valence-corrected chi connectivity index (χ4v) is 2.39. The molecular formula is C16H17BrO5. The van der Waals surface area contributed by atoms with Gasteiger partial charge in [0, 0.05) is 13.8 Å². The summed E-state index contributed by atoms with van der Waals surface area (Å²) in [6, 6.07) is 5.26. The zero-order chi connectivity index (χ0) is 16.5. The van der Waals surface area contributed by atoms with Crippen LogP contribution in [0, 0.1) is 0 Å². The summed E-state index contributed by atoms with van der Waals surface area (Å²) in [5.74, 6) is -1.94. The van der Waals surface area contributed by atoms with Gasteiger partial charge in [0.15, 0.2) is 0 Å². The maximum atomic E-state index is 11.9. The fraction of sp³-hybridized carbons (Fsp3) is 0.375. The van der Waals surface area contributed by atoms with Crippen molar-refractivity contribution in [3.63, 3.8) is 0 Å². The molecule has 1 aromatic carbocycles. The Balaban J connectivity index is 2.28. The summed E-state index contributed by atoms with van der Waals surface area (Å²) in [6.07, 6.45) is 1.48. The second-order valence-corrected chi connectivity index (χ2v) is 6.45. The summed E-state index contributed by atoms with van der Waals surface area (Å²) in [5.41, 5.74) is 0.523. The smallest absolute Gasteiger partial charge is 0.348 e. The van der Waals surface area contributed by atoms with Gasteiger partial charge in [0.25, 0.3) is 5.79 Å². The lowest BCUT2D eigenvalue weighted by Crippen LogP contribution is -2.41. The molecule has 0 saturated carbocycles. The summed E-state index contributed by atoms with van der Waals surface area (Å²) >= 11 is 3.40. The van der Waals surface area contributed by atoms with Crippen LogP contribution in [0.1, 0.15) is 33.3 Å². The molecule has 0 aliphatic carbocycles. The Bertz CT molecular complexity index is 624. The van der Waals surface area contributed by atoms with Gasteiger partial charge in [0.1, 0.15) is 11.3 Å². The lowest BCUT2D eigenvalue weighted by atomic mass is 10.1. The van der Waals surface area contributed by atoms with Crippen LogP contribution >= 0.6 is 15.9 Å². The van der Waals surface area contributed by atoms with Gasteiger partial charge in [0.2, 0.25) is 0 Å². The Morgan fingerprint density at radius 2 is 1.77 bits per heavy atom. The minimum atomic E-state index is -1.24. The van der Waals surface area contributed by atoms with Gasteiger partial charge in [-0.3, -0.25) is 0 Å². The Hall–Kier alpha value is -1.82. The van der Waals surface area contributed by atoms with Crippen molar-refractivity contribution < 1.29 is 23.8 Å². The average molecular weight is 369 g/mol. The van der Waals surface area contributed by atoms with E-state index in [0.717, 1.165) is 4.47 Å². The fourth-order valence-electron chi connectivity index (χ4n) is 1.90. The Kier molecular flexibility index (Phi) is 4.60. The number of carbonyl (C=O) groups excluding carboxylic acids is 2. The first kappa shape index (κ1) is 16.5. The van der Waals surface area contributed by atoms with Crippen LogP contribution in [0.5, 0.6) is 5.75 Å². The number of cyclic esters (lactones) is 2. The highest BCUT2D eigenvalue weighted by Gasteiger charge is 2.38. The summed E-state index contributed by atoms with van der Waals surface area (Å²) in [6.45, 7) is 6.87. The van der Waals surface area contributed by atoms with Crippen molar-refractivity contribution in [1.82, 2.24) is 0 Å². The van der Waals surface area contributed by atoms with Gasteiger partial charge in [0.05, 0.1) is 10.6 Å².